The highest BCUT2D eigenvalue weighted by molar-refractivity contribution is 5.88. The van der Waals surface area contributed by atoms with E-state index in [2.05, 4.69) is 10.1 Å². The Kier molecular flexibility index (Phi) is 2.16. The smallest absolute Gasteiger partial charge is 0.358 e. The lowest BCUT2D eigenvalue weighted by molar-refractivity contribution is 0.0686. The van der Waals surface area contributed by atoms with Crippen molar-refractivity contribution in [1.82, 2.24) is 10.1 Å². The fourth-order valence-corrected chi connectivity index (χ4v) is 1.74. The first-order valence-corrected chi connectivity index (χ1v) is 5.12. The molecule has 0 aliphatic carbocycles. The van der Waals surface area contributed by atoms with Crippen LogP contribution in [-0.4, -0.2) is 21.2 Å². The van der Waals surface area contributed by atoms with Gasteiger partial charge in [-0.25, -0.2) is 9.18 Å². The highest BCUT2D eigenvalue weighted by Crippen LogP contribution is 2.25. The van der Waals surface area contributed by atoms with Crippen LogP contribution >= 0.6 is 0 Å². The Hall–Kier alpha value is -2.63. The van der Waals surface area contributed by atoms with E-state index in [1.807, 2.05) is 0 Å². The first-order chi connectivity index (χ1) is 8.63. The van der Waals surface area contributed by atoms with Gasteiger partial charge in [-0.2, -0.15) is 0 Å². The zero-order chi connectivity index (χ0) is 12.7. The number of carboxylic acids is 1. The third-order valence-corrected chi connectivity index (χ3v) is 2.58. The van der Waals surface area contributed by atoms with Crippen LogP contribution in [0.5, 0.6) is 0 Å². The minimum atomic E-state index is -1.16. The molecule has 0 amide bonds. The lowest BCUT2D eigenvalue weighted by Crippen LogP contribution is -1.94. The molecule has 0 saturated heterocycles. The molecular weight excluding hydrogens is 239 g/mol. The van der Waals surface area contributed by atoms with Gasteiger partial charge in [0, 0.05) is 17.0 Å². The Balaban J connectivity index is 2.10. The van der Waals surface area contributed by atoms with E-state index >= 15 is 0 Å². The molecule has 0 fully saturated rings. The van der Waals surface area contributed by atoms with E-state index in [1.165, 1.54) is 18.2 Å². The molecular formula is C12H7FN2O3. The van der Waals surface area contributed by atoms with Crippen LogP contribution in [0, 0.1) is 5.82 Å². The predicted molar refractivity (Wildman–Crippen MR) is 60.7 cm³/mol. The number of nitrogens with one attached hydrogen (secondary N) is 1. The molecule has 0 radical (unpaired) electrons. The highest BCUT2D eigenvalue weighted by Gasteiger charge is 2.13. The van der Waals surface area contributed by atoms with Gasteiger partial charge in [-0.15, -0.1) is 0 Å². The SMILES string of the molecule is O=C(O)c1cc(-c2cc3cc(F)ccc3[nH]2)on1. The van der Waals surface area contributed by atoms with Gasteiger partial charge in [0.2, 0.25) is 0 Å². The normalized spacial score (nSPS) is 10.9. The van der Waals surface area contributed by atoms with Crippen molar-refractivity contribution >= 4 is 16.9 Å². The number of halogens is 1. The Bertz CT molecular complexity index is 745. The van der Waals surface area contributed by atoms with Gasteiger partial charge in [-0.3, -0.25) is 0 Å². The number of benzene rings is 1. The number of hydrogen-bond acceptors (Lipinski definition) is 3. The van der Waals surface area contributed by atoms with Crippen LogP contribution in [0.3, 0.4) is 0 Å². The molecule has 90 valence electrons. The van der Waals surface area contributed by atoms with Crippen LogP contribution < -0.4 is 0 Å². The number of fused-ring (bicyclic) bond motifs is 1. The van der Waals surface area contributed by atoms with Crippen molar-refractivity contribution in [2.24, 2.45) is 0 Å². The summed E-state index contributed by atoms with van der Waals surface area (Å²) in [6.07, 6.45) is 0. The number of aromatic amines is 1. The molecule has 2 heterocycles. The van der Waals surface area contributed by atoms with Crippen LogP contribution in [-0.2, 0) is 0 Å². The number of carbonyl (C=O) groups is 1. The second-order valence-electron chi connectivity index (χ2n) is 3.80. The summed E-state index contributed by atoms with van der Waals surface area (Å²) in [6, 6.07) is 7.30. The second kappa shape index (κ2) is 3.69. The van der Waals surface area contributed by atoms with Crippen molar-refractivity contribution in [3.05, 3.63) is 41.8 Å². The Morgan fingerprint density at radius 2 is 2.17 bits per heavy atom. The third kappa shape index (κ3) is 1.64. The summed E-state index contributed by atoms with van der Waals surface area (Å²) in [5.41, 5.74) is 1.12. The maximum Gasteiger partial charge on any atom is 0.358 e. The number of nitrogens with zero attached hydrogens (tertiary/aromatic N) is 1. The van der Waals surface area contributed by atoms with Gasteiger partial charge in [0.15, 0.2) is 11.5 Å². The van der Waals surface area contributed by atoms with Crippen LogP contribution in [0.1, 0.15) is 10.5 Å². The maximum absolute atomic E-state index is 13.0. The summed E-state index contributed by atoms with van der Waals surface area (Å²) in [4.78, 5) is 13.7. The monoisotopic (exact) mass is 246 g/mol. The second-order valence-corrected chi connectivity index (χ2v) is 3.80. The molecule has 3 rings (SSSR count). The summed E-state index contributed by atoms with van der Waals surface area (Å²) >= 11 is 0. The van der Waals surface area contributed by atoms with Gasteiger partial charge >= 0.3 is 5.97 Å². The number of rotatable bonds is 2. The molecule has 6 heteroatoms. The summed E-state index contributed by atoms with van der Waals surface area (Å²) < 4.78 is 17.9. The van der Waals surface area contributed by atoms with E-state index in [-0.39, 0.29) is 11.5 Å². The van der Waals surface area contributed by atoms with E-state index < -0.39 is 5.97 Å². The minimum absolute atomic E-state index is 0.171. The number of aromatic carboxylic acids is 1. The molecule has 0 atom stereocenters. The fourth-order valence-electron chi connectivity index (χ4n) is 1.74. The molecule has 2 N–H and O–H groups in total. The topological polar surface area (TPSA) is 79.1 Å². The van der Waals surface area contributed by atoms with Gasteiger partial charge in [0.25, 0.3) is 0 Å². The molecule has 0 spiro atoms. The molecule has 1 aromatic carbocycles. The number of aromatic nitrogens is 2. The van der Waals surface area contributed by atoms with Crippen molar-refractivity contribution in [2.75, 3.05) is 0 Å². The Morgan fingerprint density at radius 3 is 2.89 bits per heavy atom. The van der Waals surface area contributed by atoms with Crippen molar-refractivity contribution < 1.29 is 18.8 Å². The van der Waals surface area contributed by atoms with E-state index in [4.69, 9.17) is 9.63 Å². The third-order valence-electron chi connectivity index (χ3n) is 2.58. The van der Waals surface area contributed by atoms with E-state index in [0.29, 0.717) is 16.8 Å². The van der Waals surface area contributed by atoms with E-state index in [9.17, 15) is 9.18 Å². The summed E-state index contributed by atoms with van der Waals surface area (Å²) in [5, 5.41) is 12.8. The van der Waals surface area contributed by atoms with Gasteiger partial charge in [-0.1, -0.05) is 5.16 Å². The van der Waals surface area contributed by atoms with Gasteiger partial charge in [0.1, 0.15) is 5.82 Å². The molecule has 0 aliphatic heterocycles. The molecule has 5 nitrogen and oxygen atoms in total. The standard InChI is InChI=1S/C12H7FN2O3/c13-7-1-2-8-6(3-7)4-9(14-8)11-5-10(12(16)17)15-18-11/h1-5,14H,(H,16,17). The quantitative estimate of drug-likeness (QED) is 0.728. The molecule has 3 aromatic rings. The molecule has 18 heavy (non-hydrogen) atoms. The van der Waals surface area contributed by atoms with Gasteiger partial charge in [0.05, 0.1) is 5.69 Å². The van der Waals surface area contributed by atoms with Crippen molar-refractivity contribution in [1.29, 1.82) is 0 Å². The van der Waals surface area contributed by atoms with Crippen molar-refractivity contribution in [2.45, 2.75) is 0 Å². The van der Waals surface area contributed by atoms with Gasteiger partial charge < -0.3 is 14.6 Å². The molecule has 0 unspecified atom stereocenters. The highest BCUT2D eigenvalue weighted by atomic mass is 19.1. The maximum atomic E-state index is 13.0. The molecule has 0 aliphatic rings. The lowest BCUT2D eigenvalue weighted by Gasteiger charge is -1.88. The predicted octanol–water partition coefficient (Wildman–Crippen LogP) is 2.66. The Morgan fingerprint density at radius 1 is 1.33 bits per heavy atom. The minimum Gasteiger partial charge on any atom is -0.476 e. The molecule has 2 aromatic heterocycles. The number of carboxylic acid groups (broad SMARTS) is 1. The molecule has 0 bridgehead atoms. The van der Waals surface area contributed by atoms with E-state index in [1.54, 1.807) is 12.1 Å². The van der Waals surface area contributed by atoms with Crippen LogP contribution in [0.4, 0.5) is 4.39 Å². The largest absolute Gasteiger partial charge is 0.476 e. The first kappa shape index (κ1) is 10.5. The van der Waals surface area contributed by atoms with E-state index in [0.717, 1.165) is 5.52 Å². The van der Waals surface area contributed by atoms with Gasteiger partial charge in [-0.05, 0) is 24.3 Å². The van der Waals surface area contributed by atoms with Crippen LogP contribution in [0.2, 0.25) is 0 Å². The van der Waals surface area contributed by atoms with Crippen LogP contribution in [0.15, 0.2) is 34.9 Å². The molecule has 0 saturated carbocycles. The van der Waals surface area contributed by atoms with Crippen molar-refractivity contribution in [3.8, 4) is 11.5 Å². The Labute approximate surface area is 99.8 Å². The number of hydrogen-bond donors (Lipinski definition) is 2. The zero-order valence-corrected chi connectivity index (χ0v) is 8.98. The fraction of sp³-hybridized carbons (Fsp3) is 0. The average molecular weight is 246 g/mol. The number of H-pyrrole nitrogens is 1. The van der Waals surface area contributed by atoms with Crippen molar-refractivity contribution in [3.63, 3.8) is 0 Å². The summed E-state index contributed by atoms with van der Waals surface area (Å²) in [6.45, 7) is 0. The summed E-state index contributed by atoms with van der Waals surface area (Å²) in [7, 11) is 0. The average Bonchev–Trinajstić information content (AvgIpc) is 2.93. The first-order valence-electron chi connectivity index (χ1n) is 5.12. The zero-order valence-electron chi connectivity index (χ0n) is 8.98. The summed E-state index contributed by atoms with van der Waals surface area (Å²) in [5.74, 6) is -1.20. The van der Waals surface area contributed by atoms with Crippen LogP contribution in [0.25, 0.3) is 22.4 Å². The lowest BCUT2D eigenvalue weighted by atomic mass is 10.2.